The topological polar surface area (TPSA) is 155 Å². The van der Waals surface area contributed by atoms with Gasteiger partial charge in [-0.15, -0.1) is 0 Å². The van der Waals surface area contributed by atoms with E-state index in [0.29, 0.717) is 47.3 Å². The molecule has 11 heterocycles. The van der Waals surface area contributed by atoms with Gasteiger partial charge in [-0.25, -0.2) is 34.0 Å². The first kappa shape index (κ1) is 70.2. The van der Waals surface area contributed by atoms with Gasteiger partial charge in [0.05, 0.1) is 6.04 Å². The fraction of sp³-hybridized carbons (Fsp3) is 0.482. The third-order valence-corrected chi connectivity index (χ3v) is 16.2. The molecule has 4 saturated heterocycles. The Morgan fingerprint density at radius 2 is 1.16 bits per heavy atom. The van der Waals surface area contributed by atoms with Gasteiger partial charge in [0.2, 0.25) is 11.8 Å². The standard InChI is InChI=1S/C24H27F3N6O.C16H21N5O.C8H7BrF3N.C5H3BrIN.C3H7BF3.K/c25-24(26,27)9-8-17-6-7-21(28-14-17)31-11-12-32-20(15-31)13-19(23(32)34)4-1-3-18-5-2-10-33-22(18)29-16-30-33;22-16-13(9-14-10-17-6-8-20(14)16)4-1-3-12-5-2-7-21-15(12)18-11-19-21;9-7-2-1-6(5-13-7)3-4-8(10,11)12;6-5-2-1-4(7)3-8-5;1-2-3-4(5,6)7;/h2,5-7,10,14,16,19-20H,1,3-4,8-9,11-13,15H2;2,5,7,11,13-14,17H,1,3-4,6,8-10H2;1-2,5H,3-4H2;1-3H;2-3H2,1H3;/q;;;;-1;+1/t19-,20-;13-,14-;;;;/m00..../s1. The Morgan fingerprint density at radius 1 is 0.647 bits per heavy atom. The van der Waals surface area contributed by atoms with E-state index in [1.165, 1.54) is 24.9 Å². The van der Waals surface area contributed by atoms with E-state index in [1.807, 2.05) is 52.3 Å². The van der Waals surface area contributed by atoms with Gasteiger partial charge in [0, 0.05) is 105 Å². The van der Waals surface area contributed by atoms with Gasteiger partial charge < -0.3 is 33.0 Å². The quantitative estimate of drug-likeness (QED) is 0.0452. The summed E-state index contributed by atoms with van der Waals surface area (Å²) < 4.78 is 112. The molecule has 0 radical (unpaired) electrons. The number of nitrogens with one attached hydrogen (secondary N) is 1. The minimum absolute atomic E-state index is 0. The monoisotopic (exact) mass is 1460 g/mol. The SMILES string of the molecule is Brc1ccc(I)cn1.CCC[B-](F)(F)F.FC(F)(F)CCc1ccc(Br)nc1.O=C1[C@@H](CCCc2cccn3ncnc23)C[C@H]2CN(c3ccc(CCC(F)(F)F)cn3)CCN12.O=C1[C@@H](CCCc2cccn3ncnc23)C[C@H]2CNCCN12.[K+]. The average molecular weight is 1460 g/mol. The minimum atomic E-state index is -4.49. The van der Waals surface area contributed by atoms with Crippen molar-refractivity contribution in [3.63, 3.8) is 0 Å². The van der Waals surface area contributed by atoms with Crippen LogP contribution in [0, 0.1) is 15.4 Å². The number of pyridine rings is 5. The van der Waals surface area contributed by atoms with Crippen molar-refractivity contribution in [3.05, 3.63) is 139 Å². The minimum Gasteiger partial charge on any atom is -0.449 e. The molecule has 0 bridgehead atoms. The van der Waals surface area contributed by atoms with Gasteiger partial charge in [-0.05, 0) is 177 Å². The first-order valence-electron chi connectivity index (χ1n) is 27.8. The van der Waals surface area contributed by atoms with Crippen molar-refractivity contribution >= 4 is 90.4 Å². The van der Waals surface area contributed by atoms with Crippen LogP contribution < -0.4 is 61.6 Å². The normalized spacial score (nSPS) is 18.4. The van der Waals surface area contributed by atoms with Gasteiger partial charge in [0.15, 0.2) is 11.3 Å². The van der Waals surface area contributed by atoms with E-state index in [4.69, 9.17) is 0 Å². The van der Waals surface area contributed by atoms with Gasteiger partial charge in [0.1, 0.15) is 27.7 Å². The number of aryl methyl sites for hydroxylation is 4. The van der Waals surface area contributed by atoms with E-state index in [9.17, 15) is 48.9 Å². The predicted octanol–water partition coefficient (Wildman–Crippen LogP) is 9.59. The number of carbonyl (C=O) groups excluding carboxylic acids is 2. The number of hydrogen-bond acceptors (Lipinski definition) is 11. The smallest absolute Gasteiger partial charge is 0.449 e. The Balaban J connectivity index is 0.000000193. The van der Waals surface area contributed by atoms with Crippen LogP contribution in [0.2, 0.25) is 6.32 Å². The molecule has 11 rings (SSSR count). The maximum atomic E-state index is 13.0. The van der Waals surface area contributed by atoms with E-state index in [-0.39, 0.29) is 94.4 Å². The zero-order valence-corrected chi connectivity index (χ0v) is 55.5. The Morgan fingerprint density at radius 3 is 1.61 bits per heavy atom. The van der Waals surface area contributed by atoms with Gasteiger partial charge in [0.25, 0.3) is 0 Å². The summed E-state index contributed by atoms with van der Waals surface area (Å²) in [6.45, 7) is 1.83. The van der Waals surface area contributed by atoms with Crippen LogP contribution in [0.25, 0.3) is 11.3 Å². The van der Waals surface area contributed by atoms with E-state index < -0.39 is 38.5 Å². The molecule has 454 valence electrons. The van der Waals surface area contributed by atoms with Crippen molar-refractivity contribution < 1.29 is 100 Å². The number of carbonyl (C=O) groups is 2. The first-order valence-corrected chi connectivity index (χ1v) is 30.5. The number of aromatic nitrogens is 9. The summed E-state index contributed by atoms with van der Waals surface area (Å²) in [5, 5.41) is 11.7. The van der Waals surface area contributed by atoms with Crippen LogP contribution in [-0.4, -0.2) is 136 Å². The van der Waals surface area contributed by atoms with Crippen molar-refractivity contribution in [3.8, 4) is 0 Å². The fourth-order valence-electron chi connectivity index (χ4n) is 10.5. The largest absolute Gasteiger partial charge is 1.00 e. The van der Waals surface area contributed by atoms with Crippen molar-refractivity contribution in [2.24, 2.45) is 11.8 Å². The van der Waals surface area contributed by atoms with E-state index in [2.05, 4.69) is 117 Å². The summed E-state index contributed by atoms with van der Waals surface area (Å²) in [4.78, 5) is 52.5. The van der Waals surface area contributed by atoms with Crippen LogP contribution in [0.1, 0.15) is 87.0 Å². The third kappa shape index (κ3) is 22.9. The second-order valence-corrected chi connectivity index (χ2v) is 23.7. The van der Waals surface area contributed by atoms with E-state index >= 15 is 0 Å². The molecule has 1 N–H and O–H groups in total. The second-order valence-electron chi connectivity index (χ2n) is 20.8. The Hall–Kier alpha value is -3.85. The molecule has 0 saturated carbocycles. The summed E-state index contributed by atoms with van der Waals surface area (Å²) in [6, 6.07) is 19.4. The Kier molecular flexibility index (Phi) is 27.8. The predicted molar refractivity (Wildman–Crippen MR) is 318 cm³/mol. The molecule has 15 nitrogen and oxygen atoms in total. The molecule has 4 atom stereocenters. The van der Waals surface area contributed by atoms with Crippen LogP contribution in [0.5, 0.6) is 0 Å². The van der Waals surface area contributed by atoms with Gasteiger partial charge >= 0.3 is 70.7 Å². The van der Waals surface area contributed by atoms with Crippen molar-refractivity contribution in [1.29, 1.82) is 0 Å². The molecular weight excluding hydrogens is 1390 g/mol. The number of nitrogens with zero attached hydrogens (tertiary/aromatic N) is 12. The Labute approximate surface area is 560 Å². The molecule has 29 heteroatoms. The van der Waals surface area contributed by atoms with Gasteiger partial charge in [-0.1, -0.05) is 43.9 Å². The van der Waals surface area contributed by atoms with Gasteiger partial charge in [-0.2, -0.15) is 36.5 Å². The average Bonchev–Trinajstić information content (AvgIpc) is 2.84. The summed E-state index contributed by atoms with van der Waals surface area (Å²) in [6.07, 6.45) is 8.77. The number of halogens is 12. The number of fused-ring (bicyclic) bond motifs is 4. The molecule has 0 aliphatic carbocycles. The van der Waals surface area contributed by atoms with E-state index in [1.54, 1.807) is 41.4 Å². The molecule has 0 spiro atoms. The molecule has 4 aliphatic rings. The molecule has 7 aromatic rings. The van der Waals surface area contributed by atoms with Crippen LogP contribution in [0.15, 0.2) is 114 Å². The molecule has 0 aromatic carbocycles. The van der Waals surface area contributed by atoms with Crippen LogP contribution in [0.4, 0.5) is 45.1 Å². The second kappa shape index (κ2) is 33.7. The number of piperazine rings is 2. The maximum Gasteiger partial charge on any atom is 1.00 e. The number of rotatable bonds is 15. The van der Waals surface area contributed by atoms with Crippen LogP contribution >= 0.6 is 54.5 Å². The molecule has 85 heavy (non-hydrogen) atoms. The van der Waals surface area contributed by atoms with Crippen molar-refractivity contribution in [2.45, 2.75) is 121 Å². The van der Waals surface area contributed by atoms with Crippen LogP contribution in [-0.2, 0) is 35.3 Å². The summed E-state index contributed by atoms with van der Waals surface area (Å²) in [7, 11) is 0. The fourth-order valence-corrected chi connectivity index (χ4v) is 11.3. The summed E-state index contributed by atoms with van der Waals surface area (Å²) in [5.74, 6) is 1.60. The zero-order chi connectivity index (χ0) is 60.4. The molecule has 4 fully saturated rings. The molecule has 7 aromatic heterocycles. The molecule has 0 unspecified atom stereocenters. The Bertz CT molecular complexity index is 3150. The number of anilines is 1. The zero-order valence-electron chi connectivity index (χ0n) is 47.1. The summed E-state index contributed by atoms with van der Waals surface area (Å²) in [5.41, 5.74) is 5.33. The number of hydrogen-bond donors (Lipinski definition) is 1. The molecule has 2 amide bonds. The summed E-state index contributed by atoms with van der Waals surface area (Å²) >= 11 is 8.55. The molecular formula is C56H65BBr2F9IKN13O2. The van der Waals surface area contributed by atoms with E-state index in [0.717, 1.165) is 102 Å². The van der Waals surface area contributed by atoms with Crippen molar-refractivity contribution in [1.82, 2.24) is 59.3 Å². The number of amides is 2. The maximum absolute atomic E-state index is 13.0. The first-order chi connectivity index (χ1) is 40.0. The third-order valence-electron chi connectivity index (χ3n) is 14.6. The molecule has 4 aliphatic heterocycles. The van der Waals surface area contributed by atoms with Crippen molar-refractivity contribution in [2.75, 3.05) is 44.2 Å². The van der Waals surface area contributed by atoms with Gasteiger partial charge in [-0.3, -0.25) is 9.59 Å². The number of alkyl halides is 6. The van der Waals surface area contributed by atoms with Crippen LogP contribution in [0.3, 0.4) is 0 Å².